The van der Waals surface area contributed by atoms with Gasteiger partial charge in [0.2, 0.25) is 0 Å². The lowest BCUT2D eigenvalue weighted by molar-refractivity contribution is 0.659. The fourth-order valence-electron chi connectivity index (χ4n) is 2.61. The maximum absolute atomic E-state index is 4.67. The summed E-state index contributed by atoms with van der Waals surface area (Å²) < 4.78 is 0. The molecule has 0 radical (unpaired) electrons. The standard InChI is InChI=1S/C15H22N4S/c1-9(7-16-5)15-11(3)18-13(19-12(15)4)6-14-17-10(2)8-20-14/h8-9,16H,6-7H2,1-5H3. The molecule has 108 valence electrons. The van der Waals surface area contributed by atoms with Crippen LogP contribution in [0.4, 0.5) is 0 Å². The van der Waals surface area contributed by atoms with Gasteiger partial charge in [0.25, 0.3) is 0 Å². The normalized spacial score (nSPS) is 12.7. The summed E-state index contributed by atoms with van der Waals surface area (Å²) >= 11 is 1.67. The van der Waals surface area contributed by atoms with Crippen LogP contribution in [-0.2, 0) is 6.42 Å². The number of aromatic nitrogens is 3. The van der Waals surface area contributed by atoms with Crippen molar-refractivity contribution in [1.29, 1.82) is 0 Å². The summed E-state index contributed by atoms with van der Waals surface area (Å²) in [6.07, 6.45) is 0.723. The molecule has 0 saturated carbocycles. The van der Waals surface area contributed by atoms with Crippen LogP contribution in [-0.4, -0.2) is 28.5 Å². The molecule has 1 unspecified atom stereocenters. The van der Waals surface area contributed by atoms with E-state index >= 15 is 0 Å². The minimum atomic E-state index is 0.427. The van der Waals surface area contributed by atoms with Crippen LogP contribution < -0.4 is 5.32 Å². The minimum absolute atomic E-state index is 0.427. The van der Waals surface area contributed by atoms with E-state index in [4.69, 9.17) is 0 Å². The summed E-state index contributed by atoms with van der Waals surface area (Å²) in [7, 11) is 1.97. The molecule has 2 aromatic heterocycles. The van der Waals surface area contributed by atoms with Gasteiger partial charge in [0.15, 0.2) is 0 Å². The molecule has 20 heavy (non-hydrogen) atoms. The van der Waals surface area contributed by atoms with Gasteiger partial charge in [-0.1, -0.05) is 6.92 Å². The summed E-state index contributed by atoms with van der Waals surface area (Å²) in [5, 5.41) is 6.36. The van der Waals surface area contributed by atoms with Gasteiger partial charge >= 0.3 is 0 Å². The first kappa shape index (κ1) is 15.1. The predicted molar refractivity (Wildman–Crippen MR) is 83.5 cm³/mol. The summed E-state index contributed by atoms with van der Waals surface area (Å²) in [4.78, 5) is 13.8. The average molecular weight is 290 g/mol. The lowest BCUT2D eigenvalue weighted by Gasteiger charge is -2.16. The number of hydrogen-bond acceptors (Lipinski definition) is 5. The summed E-state index contributed by atoms with van der Waals surface area (Å²) in [6, 6.07) is 0. The Morgan fingerprint density at radius 3 is 2.30 bits per heavy atom. The van der Waals surface area contributed by atoms with Crippen molar-refractivity contribution in [2.75, 3.05) is 13.6 Å². The van der Waals surface area contributed by atoms with Crippen LogP contribution in [0.3, 0.4) is 0 Å². The molecule has 0 amide bonds. The first-order valence-electron chi connectivity index (χ1n) is 6.91. The number of rotatable bonds is 5. The molecule has 5 heteroatoms. The second kappa shape index (κ2) is 6.41. The van der Waals surface area contributed by atoms with Crippen LogP contribution in [0, 0.1) is 20.8 Å². The van der Waals surface area contributed by atoms with Gasteiger partial charge in [-0.05, 0) is 39.3 Å². The van der Waals surface area contributed by atoms with Crippen molar-refractivity contribution in [2.24, 2.45) is 0 Å². The molecule has 0 spiro atoms. The van der Waals surface area contributed by atoms with Crippen molar-refractivity contribution >= 4 is 11.3 Å². The van der Waals surface area contributed by atoms with E-state index in [2.05, 4.69) is 46.4 Å². The second-order valence-corrected chi connectivity index (χ2v) is 6.19. The third-order valence-electron chi connectivity index (χ3n) is 3.35. The fourth-order valence-corrected chi connectivity index (χ4v) is 3.38. The van der Waals surface area contributed by atoms with Crippen molar-refractivity contribution in [1.82, 2.24) is 20.3 Å². The van der Waals surface area contributed by atoms with Crippen LogP contribution in [0.25, 0.3) is 0 Å². The summed E-state index contributed by atoms with van der Waals surface area (Å²) in [5.74, 6) is 1.30. The van der Waals surface area contributed by atoms with Crippen LogP contribution in [0.2, 0.25) is 0 Å². The van der Waals surface area contributed by atoms with Crippen LogP contribution in [0.1, 0.15) is 46.3 Å². The molecular weight excluding hydrogens is 268 g/mol. The maximum atomic E-state index is 4.67. The highest BCUT2D eigenvalue weighted by molar-refractivity contribution is 7.09. The van der Waals surface area contributed by atoms with E-state index < -0.39 is 0 Å². The highest BCUT2D eigenvalue weighted by atomic mass is 32.1. The van der Waals surface area contributed by atoms with Gasteiger partial charge < -0.3 is 5.32 Å². The van der Waals surface area contributed by atoms with Gasteiger partial charge in [0.1, 0.15) is 10.8 Å². The SMILES string of the molecule is CNCC(C)c1c(C)nc(Cc2nc(C)cs2)nc1C. The highest BCUT2D eigenvalue weighted by Gasteiger charge is 2.15. The molecule has 2 heterocycles. The Hall–Kier alpha value is -1.33. The van der Waals surface area contributed by atoms with Gasteiger partial charge in [-0.3, -0.25) is 0 Å². The Morgan fingerprint density at radius 1 is 1.15 bits per heavy atom. The quantitative estimate of drug-likeness (QED) is 0.920. The zero-order chi connectivity index (χ0) is 14.7. The Bertz CT molecular complexity index is 568. The smallest absolute Gasteiger partial charge is 0.135 e. The minimum Gasteiger partial charge on any atom is -0.319 e. The molecule has 0 aliphatic rings. The topological polar surface area (TPSA) is 50.7 Å². The van der Waals surface area contributed by atoms with E-state index in [-0.39, 0.29) is 0 Å². The van der Waals surface area contributed by atoms with Crippen molar-refractivity contribution in [3.05, 3.63) is 38.9 Å². The maximum Gasteiger partial charge on any atom is 0.135 e. The molecule has 1 atom stereocenters. The number of likely N-dealkylation sites (N-methyl/N-ethyl adjacent to an activating group) is 1. The monoisotopic (exact) mass is 290 g/mol. The van der Waals surface area contributed by atoms with E-state index in [1.54, 1.807) is 11.3 Å². The number of nitrogens with one attached hydrogen (secondary N) is 1. The number of nitrogens with zero attached hydrogens (tertiary/aromatic N) is 3. The van der Waals surface area contributed by atoms with Crippen molar-refractivity contribution in [2.45, 2.75) is 40.0 Å². The molecular formula is C15H22N4S. The molecule has 0 saturated heterocycles. The molecule has 0 fully saturated rings. The van der Waals surface area contributed by atoms with E-state index in [0.717, 1.165) is 40.9 Å². The Labute approximate surface area is 124 Å². The van der Waals surface area contributed by atoms with E-state index in [9.17, 15) is 0 Å². The lowest BCUT2D eigenvalue weighted by atomic mass is 9.98. The van der Waals surface area contributed by atoms with Crippen molar-refractivity contribution in [3.8, 4) is 0 Å². The Balaban J connectivity index is 2.25. The molecule has 4 nitrogen and oxygen atoms in total. The lowest BCUT2D eigenvalue weighted by Crippen LogP contribution is -2.18. The van der Waals surface area contributed by atoms with Crippen LogP contribution >= 0.6 is 11.3 Å². The third-order valence-corrected chi connectivity index (χ3v) is 4.32. The molecule has 0 bridgehead atoms. The number of hydrogen-bond donors (Lipinski definition) is 1. The van der Waals surface area contributed by atoms with Crippen LogP contribution in [0.5, 0.6) is 0 Å². The number of aryl methyl sites for hydroxylation is 3. The van der Waals surface area contributed by atoms with Gasteiger partial charge in [0, 0.05) is 29.0 Å². The zero-order valence-electron chi connectivity index (χ0n) is 12.8. The molecule has 0 aliphatic carbocycles. The molecule has 2 aromatic rings. The van der Waals surface area contributed by atoms with Crippen molar-refractivity contribution in [3.63, 3.8) is 0 Å². The van der Waals surface area contributed by atoms with Gasteiger partial charge in [-0.25, -0.2) is 15.0 Å². The third kappa shape index (κ3) is 3.41. The Kier molecular flexibility index (Phi) is 4.83. The molecule has 1 N–H and O–H groups in total. The van der Waals surface area contributed by atoms with Crippen molar-refractivity contribution < 1.29 is 0 Å². The first-order valence-corrected chi connectivity index (χ1v) is 7.78. The van der Waals surface area contributed by atoms with Gasteiger partial charge in [0.05, 0.1) is 6.42 Å². The molecule has 0 aromatic carbocycles. The van der Waals surface area contributed by atoms with E-state index in [0.29, 0.717) is 5.92 Å². The zero-order valence-corrected chi connectivity index (χ0v) is 13.6. The molecule has 2 rings (SSSR count). The number of thiazole rings is 1. The van der Waals surface area contributed by atoms with Gasteiger partial charge in [-0.2, -0.15) is 0 Å². The fraction of sp³-hybridized carbons (Fsp3) is 0.533. The van der Waals surface area contributed by atoms with Gasteiger partial charge in [-0.15, -0.1) is 11.3 Å². The largest absolute Gasteiger partial charge is 0.319 e. The highest BCUT2D eigenvalue weighted by Crippen LogP contribution is 2.22. The predicted octanol–water partition coefficient (Wildman–Crippen LogP) is 2.77. The van der Waals surface area contributed by atoms with E-state index in [1.165, 1.54) is 5.56 Å². The Morgan fingerprint density at radius 2 is 1.80 bits per heavy atom. The summed E-state index contributed by atoms with van der Waals surface area (Å²) in [5.41, 5.74) is 4.50. The first-order chi connectivity index (χ1) is 9.51. The average Bonchev–Trinajstić information content (AvgIpc) is 2.74. The van der Waals surface area contributed by atoms with Crippen LogP contribution in [0.15, 0.2) is 5.38 Å². The van der Waals surface area contributed by atoms with E-state index in [1.807, 2.05) is 14.0 Å². The molecule has 0 aliphatic heterocycles. The summed E-state index contributed by atoms with van der Waals surface area (Å²) in [6.45, 7) is 9.31. The second-order valence-electron chi connectivity index (χ2n) is 5.24.